The molecule has 2 aliphatic rings. The minimum atomic E-state index is 0.118. The second-order valence-electron chi connectivity index (χ2n) is 5.50. The predicted molar refractivity (Wildman–Crippen MR) is 85.7 cm³/mol. The second-order valence-corrected chi connectivity index (χ2v) is 5.94. The summed E-state index contributed by atoms with van der Waals surface area (Å²) in [6, 6.07) is 14.1. The van der Waals surface area contributed by atoms with Gasteiger partial charge in [-0.05, 0) is 28.8 Å². The molecule has 2 nitrogen and oxygen atoms in total. The molecule has 3 heteroatoms. The van der Waals surface area contributed by atoms with E-state index < -0.39 is 0 Å². The van der Waals surface area contributed by atoms with Crippen molar-refractivity contribution in [3.05, 3.63) is 70.3 Å². The van der Waals surface area contributed by atoms with E-state index in [2.05, 4.69) is 24.3 Å². The third-order valence-electron chi connectivity index (χ3n) is 4.28. The number of anilines is 1. The summed E-state index contributed by atoms with van der Waals surface area (Å²) in [6.07, 6.45) is 4.67. The molecule has 2 aliphatic heterocycles. The molecule has 1 atom stereocenters. The zero-order valence-corrected chi connectivity index (χ0v) is 12.2. The topological polar surface area (TPSA) is 20.3 Å². The minimum Gasteiger partial charge on any atom is -0.308 e. The van der Waals surface area contributed by atoms with Crippen molar-refractivity contribution >= 4 is 29.3 Å². The fraction of sp³-hybridized carbons (Fsp3) is 0.167. The molecule has 0 saturated carbocycles. The third-order valence-corrected chi connectivity index (χ3v) is 4.53. The quantitative estimate of drug-likeness (QED) is 0.771. The summed E-state index contributed by atoms with van der Waals surface area (Å²) in [5.41, 5.74) is 4.59. The second kappa shape index (κ2) is 4.74. The van der Waals surface area contributed by atoms with Crippen molar-refractivity contribution in [1.29, 1.82) is 0 Å². The summed E-state index contributed by atoms with van der Waals surface area (Å²) < 4.78 is 0. The number of hydrogen-bond acceptors (Lipinski definition) is 1. The van der Waals surface area contributed by atoms with Gasteiger partial charge in [0, 0.05) is 23.9 Å². The molecule has 0 radical (unpaired) electrons. The molecular formula is C18H14ClNO. The lowest BCUT2D eigenvalue weighted by molar-refractivity contribution is -0.119. The van der Waals surface area contributed by atoms with Crippen LogP contribution in [0.3, 0.4) is 0 Å². The maximum atomic E-state index is 12.5. The molecular weight excluding hydrogens is 282 g/mol. The maximum absolute atomic E-state index is 12.5. The molecule has 0 spiro atoms. The van der Waals surface area contributed by atoms with Gasteiger partial charge in [-0.1, -0.05) is 54.1 Å². The number of nitrogens with zero attached hydrogens (tertiary/aromatic N) is 1. The molecule has 0 N–H and O–H groups in total. The standard InChI is InChI=1S/C18H14ClNO/c19-14-8-6-12(7-9-14)16-11-17(21)20-10-2-4-13-3-1-5-15(16)18(13)20/h1-9,16H,10-11H2. The van der Waals surface area contributed by atoms with Gasteiger partial charge in [0.2, 0.25) is 5.91 Å². The number of halogens is 1. The van der Waals surface area contributed by atoms with E-state index in [1.54, 1.807) is 0 Å². The zero-order valence-electron chi connectivity index (χ0n) is 11.4. The number of rotatable bonds is 1. The molecule has 2 heterocycles. The highest BCUT2D eigenvalue weighted by Gasteiger charge is 2.33. The number of para-hydroxylation sites is 1. The Morgan fingerprint density at radius 3 is 2.71 bits per heavy atom. The van der Waals surface area contributed by atoms with Gasteiger partial charge in [-0.2, -0.15) is 0 Å². The van der Waals surface area contributed by atoms with Crippen LogP contribution in [0.2, 0.25) is 5.02 Å². The van der Waals surface area contributed by atoms with Gasteiger partial charge in [-0.25, -0.2) is 0 Å². The SMILES string of the molecule is O=C1CC(c2ccc(Cl)cc2)c2cccc3c2N1CC=C3. The molecule has 4 rings (SSSR count). The highest BCUT2D eigenvalue weighted by molar-refractivity contribution is 6.30. The Morgan fingerprint density at radius 1 is 1.10 bits per heavy atom. The van der Waals surface area contributed by atoms with Gasteiger partial charge < -0.3 is 4.90 Å². The molecule has 0 saturated heterocycles. The van der Waals surface area contributed by atoms with Crippen LogP contribution in [0, 0.1) is 0 Å². The average molecular weight is 296 g/mol. The number of amides is 1. The van der Waals surface area contributed by atoms with Gasteiger partial charge in [0.05, 0.1) is 5.69 Å². The van der Waals surface area contributed by atoms with Gasteiger partial charge in [0.25, 0.3) is 0 Å². The van der Waals surface area contributed by atoms with Crippen molar-refractivity contribution in [2.75, 3.05) is 11.4 Å². The summed E-state index contributed by atoms with van der Waals surface area (Å²) in [5.74, 6) is 0.312. The normalized spacial score (nSPS) is 19.6. The molecule has 2 aromatic rings. The van der Waals surface area contributed by atoms with E-state index in [1.807, 2.05) is 35.2 Å². The highest BCUT2D eigenvalue weighted by Crippen LogP contribution is 2.43. The van der Waals surface area contributed by atoms with Crippen LogP contribution in [0.25, 0.3) is 6.08 Å². The monoisotopic (exact) mass is 295 g/mol. The maximum Gasteiger partial charge on any atom is 0.228 e. The Kier molecular flexibility index (Phi) is 2.86. The van der Waals surface area contributed by atoms with Gasteiger partial charge in [-0.15, -0.1) is 0 Å². The summed E-state index contributed by atoms with van der Waals surface area (Å²) in [5, 5.41) is 0.723. The summed E-state index contributed by atoms with van der Waals surface area (Å²) in [4.78, 5) is 14.4. The lowest BCUT2D eigenvalue weighted by atomic mass is 9.82. The summed E-state index contributed by atoms with van der Waals surface area (Å²) in [7, 11) is 0. The number of carbonyl (C=O) groups is 1. The van der Waals surface area contributed by atoms with E-state index in [9.17, 15) is 4.79 Å². The molecule has 0 aromatic heterocycles. The summed E-state index contributed by atoms with van der Waals surface area (Å²) in [6.45, 7) is 0.677. The Balaban J connectivity index is 1.89. The predicted octanol–water partition coefficient (Wildman–Crippen LogP) is 4.24. The van der Waals surface area contributed by atoms with E-state index in [0.717, 1.165) is 21.8 Å². The van der Waals surface area contributed by atoms with Crippen LogP contribution < -0.4 is 4.90 Å². The Bertz CT molecular complexity index is 748. The van der Waals surface area contributed by atoms with E-state index in [4.69, 9.17) is 11.6 Å². The average Bonchev–Trinajstić information content (AvgIpc) is 2.52. The van der Waals surface area contributed by atoms with Gasteiger partial charge in [0.1, 0.15) is 0 Å². The van der Waals surface area contributed by atoms with Gasteiger partial charge in [-0.3, -0.25) is 4.79 Å². The molecule has 0 aliphatic carbocycles. The fourth-order valence-corrected chi connectivity index (χ4v) is 3.42. The van der Waals surface area contributed by atoms with E-state index in [-0.39, 0.29) is 11.8 Å². The molecule has 2 aromatic carbocycles. The van der Waals surface area contributed by atoms with Crippen LogP contribution in [-0.2, 0) is 4.79 Å². The molecule has 0 fully saturated rings. The van der Waals surface area contributed by atoms with E-state index in [0.29, 0.717) is 13.0 Å². The third kappa shape index (κ3) is 1.98. The van der Waals surface area contributed by atoms with Gasteiger partial charge >= 0.3 is 0 Å². The first-order chi connectivity index (χ1) is 10.2. The van der Waals surface area contributed by atoms with Crippen molar-refractivity contribution in [1.82, 2.24) is 0 Å². The summed E-state index contributed by atoms with van der Waals surface area (Å²) >= 11 is 5.98. The molecule has 104 valence electrons. The van der Waals surface area contributed by atoms with Gasteiger partial charge in [0.15, 0.2) is 0 Å². The van der Waals surface area contributed by atoms with Crippen LogP contribution >= 0.6 is 11.6 Å². The van der Waals surface area contributed by atoms with Crippen LogP contribution in [0.5, 0.6) is 0 Å². The smallest absolute Gasteiger partial charge is 0.228 e. The van der Waals surface area contributed by atoms with Crippen LogP contribution in [0.15, 0.2) is 48.5 Å². The molecule has 0 bridgehead atoms. The number of carbonyl (C=O) groups excluding carboxylic acids is 1. The number of hydrogen-bond donors (Lipinski definition) is 0. The molecule has 1 amide bonds. The lowest BCUT2D eigenvalue weighted by Gasteiger charge is -2.36. The van der Waals surface area contributed by atoms with E-state index >= 15 is 0 Å². The van der Waals surface area contributed by atoms with E-state index in [1.165, 1.54) is 5.56 Å². The largest absolute Gasteiger partial charge is 0.308 e. The highest BCUT2D eigenvalue weighted by atomic mass is 35.5. The van der Waals surface area contributed by atoms with Crippen LogP contribution in [0.4, 0.5) is 5.69 Å². The van der Waals surface area contributed by atoms with Crippen molar-refractivity contribution in [3.8, 4) is 0 Å². The van der Waals surface area contributed by atoms with Crippen LogP contribution in [-0.4, -0.2) is 12.5 Å². The molecule has 1 unspecified atom stereocenters. The fourth-order valence-electron chi connectivity index (χ4n) is 3.30. The first-order valence-electron chi connectivity index (χ1n) is 7.09. The Morgan fingerprint density at radius 2 is 1.90 bits per heavy atom. The van der Waals surface area contributed by atoms with Crippen molar-refractivity contribution in [2.24, 2.45) is 0 Å². The molecule has 21 heavy (non-hydrogen) atoms. The van der Waals surface area contributed by atoms with Crippen LogP contribution in [0.1, 0.15) is 29.0 Å². The lowest BCUT2D eigenvalue weighted by Crippen LogP contribution is -2.38. The first kappa shape index (κ1) is 12.7. The van der Waals surface area contributed by atoms with Crippen molar-refractivity contribution in [2.45, 2.75) is 12.3 Å². The van der Waals surface area contributed by atoms with Crippen molar-refractivity contribution in [3.63, 3.8) is 0 Å². The minimum absolute atomic E-state index is 0.118. The number of benzene rings is 2. The van der Waals surface area contributed by atoms with Crippen molar-refractivity contribution < 1.29 is 4.79 Å². The first-order valence-corrected chi connectivity index (χ1v) is 7.47. The zero-order chi connectivity index (χ0) is 14.4. The Hall–Kier alpha value is -2.06. The Labute approximate surface area is 128 Å².